The second-order valence-electron chi connectivity index (χ2n) is 4.54. The number of ether oxygens (including phenoxy) is 3. The van der Waals surface area contributed by atoms with Gasteiger partial charge in [-0.25, -0.2) is 0 Å². The van der Waals surface area contributed by atoms with E-state index in [1.165, 1.54) is 27.0 Å². The molecule has 1 heterocycles. The van der Waals surface area contributed by atoms with E-state index in [-0.39, 0.29) is 6.42 Å². The van der Waals surface area contributed by atoms with Crippen molar-refractivity contribution in [1.82, 2.24) is 0 Å². The predicted octanol–water partition coefficient (Wildman–Crippen LogP) is 1.77. The van der Waals surface area contributed by atoms with Gasteiger partial charge in [-0.2, -0.15) is 0 Å². The molecule has 0 radical (unpaired) electrons. The highest BCUT2D eigenvalue weighted by Gasteiger charge is 2.52. The van der Waals surface area contributed by atoms with Crippen molar-refractivity contribution < 1.29 is 23.8 Å². The van der Waals surface area contributed by atoms with E-state index in [4.69, 9.17) is 14.2 Å². The Morgan fingerprint density at radius 3 is 2.18 bits per heavy atom. The highest BCUT2D eigenvalue weighted by molar-refractivity contribution is 6.01. The molecule has 0 unspecified atom stereocenters. The molecule has 5 nitrogen and oxygen atoms in total. The predicted molar refractivity (Wildman–Crippen MR) is 59.8 cm³/mol. The van der Waals surface area contributed by atoms with Gasteiger partial charge in [0.25, 0.3) is 5.79 Å². The molecule has 5 heteroatoms. The smallest absolute Gasteiger partial charge is 0.326 e. The summed E-state index contributed by atoms with van der Waals surface area (Å²) >= 11 is 0. The van der Waals surface area contributed by atoms with E-state index in [2.05, 4.69) is 0 Å². The highest BCUT2D eigenvalue weighted by Crippen LogP contribution is 2.34. The Kier molecular flexibility index (Phi) is 3.80. The Hall–Kier alpha value is -1.52. The van der Waals surface area contributed by atoms with E-state index in [0.29, 0.717) is 6.61 Å². The molecule has 0 bridgehead atoms. The van der Waals surface area contributed by atoms with Crippen molar-refractivity contribution in [2.24, 2.45) is 5.41 Å². The van der Waals surface area contributed by atoms with Crippen molar-refractivity contribution in [1.29, 1.82) is 0 Å². The molecular formula is C12H18O5. The molecule has 1 rings (SSSR count). The molecule has 0 spiro atoms. The third kappa shape index (κ3) is 2.99. The topological polar surface area (TPSA) is 61.8 Å². The summed E-state index contributed by atoms with van der Waals surface area (Å²) in [6, 6.07) is 0. The molecule has 0 N–H and O–H groups in total. The number of cyclic esters (lactones) is 2. The minimum atomic E-state index is -1.29. The first-order valence-electron chi connectivity index (χ1n) is 5.55. The number of hydrogen-bond donors (Lipinski definition) is 0. The van der Waals surface area contributed by atoms with E-state index >= 15 is 0 Å². The van der Waals surface area contributed by atoms with Crippen molar-refractivity contribution in [2.75, 3.05) is 6.61 Å². The second kappa shape index (κ2) is 4.77. The van der Waals surface area contributed by atoms with Crippen LogP contribution in [0, 0.1) is 5.41 Å². The van der Waals surface area contributed by atoms with Crippen molar-refractivity contribution in [3.8, 4) is 0 Å². The molecule has 1 fully saturated rings. The van der Waals surface area contributed by atoms with Crippen LogP contribution in [0.5, 0.6) is 0 Å². The molecule has 0 aliphatic carbocycles. The summed E-state index contributed by atoms with van der Waals surface area (Å²) in [5, 5.41) is 0. The molecule has 17 heavy (non-hydrogen) atoms. The first-order valence-corrected chi connectivity index (χ1v) is 5.55. The third-order valence-corrected chi connectivity index (χ3v) is 2.46. The molecule has 96 valence electrons. The molecule has 0 aromatic heterocycles. The molecule has 0 atom stereocenters. The fraction of sp³-hybridized carbons (Fsp3) is 0.667. The van der Waals surface area contributed by atoms with Crippen LogP contribution in [0.2, 0.25) is 0 Å². The Balaban J connectivity index is 2.74. The fourth-order valence-corrected chi connectivity index (χ4v) is 1.39. The normalized spacial score (nSPS) is 22.1. The maximum Gasteiger partial charge on any atom is 0.326 e. The van der Waals surface area contributed by atoms with Gasteiger partial charge in [0.1, 0.15) is 0 Å². The van der Waals surface area contributed by atoms with E-state index in [9.17, 15) is 9.59 Å². The van der Waals surface area contributed by atoms with Gasteiger partial charge in [0.05, 0.1) is 12.9 Å². The molecule has 1 aliphatic rings. The lowest BCUT2D eigenvalue weighted by Crippen LogP contribution is -2.52. The summed E-state index contributed by atoms with van der Waals surface area (Å²) in [6.45, 7) is 6.94. The number of hydrogen-bond acceptors (Lipinski definition) is 5. The van der Waals surface area contributed by atoms with Crippen LogP contribution in [0.4, 0.5) is 0 Å². The molecule has 1 aliphatic heterocycles. The summed E-state index contributed by atoms with van der Waals surface area (Å²) in [7, 11) is 0. The number of rotatable bonds is 4. The molecular weight excluding hydrogens is 224 g/mol. The van der Waals surface area contributed by atoms with Crippen molar-refractivity contribution in [2.45, 2.75) is 39.9 Å². The lowest BCUT2D eigenvalue weighted by Gasteiger charge is -2.37. The lowest BCUT2D eigenvalue weighted by atomic mass is 9.86. The van der Waals surface area contributed by atoms with Gasteiger partial charge in [-0.05, 0) is 26.3 Å². The second-order valence-corrected chi connectivity index (χ2v) is 4.54. The minimum Gasteiger partial charge on any atom is -0.502 e. The van der Waals surface area contributed by atoms with Crippen LogP contribution in [0.25, 0.3) is 0 Å². The quantitative estimate of drug-likeness (QED) is 0.427. The Morgan fingerprint density at radius 1 is 1.18 bits per heavy atom. The minimum absolute atomic E-state index is 0.195. The van der Waals surface area contributed by atoms with Crippen LogP contribution in [0.1, 0.15) is 34.1 Å². The summed E-state index contributed by atoms with van der Waals surface area (Å²) < 4.78 is 15.1. The Labute approximate surface area is 101 Å². The van der Waals surface area contributed by atoms with Crippen molar-refractivity contribution in [3.05, 3.63) is 12.3 Å². The average molecular weight is 242 g/mol. The zero-order valence-electron chi connectivity index (χ0n) is 10.6. The first-order chi connectivity index (χ1) is 7.82. The summed E-state index contributed by atoms with van der Waals surface area (Å²) in [6.07, 6.45) is 3.27. The van der Waals surface area contributed by atoms with E-state index in [0.717, 1.165) is 0 Å². The summed E-state index contributed by atoms with van der Waals surface area (Å²) in [5.41, 5.74) is -1.29. The fourth-order valence-electron chi connectivity index (χ4n) is 1.39. The molecule has 0 amide bonds. The zero-order valence-corrected chi connectivity index (χ0v) is 10.6. The monoisotopic (exact) mass is 242 g/mol. The maximum absolute atomic E-state index is 11.8. The van der Waals surface area contributed by atoms with Gasteiger partial charge in [-0.3, -0.25) is 9.59 Å². The number of carbonyl (C=O) groups is 2. The zero-order chi connectivity index (χ0) is 13.1. The van der Waals surface area contributed by atoms with Crippen molar-refractivity contribution >= 4 is 11.9 Å². The average Bonchev–Trinajstić information content (AvgIpc) is 2.20. The SMILES string of the molecule is CCO/C=C\CC1(C)C(=O)OC(C)(C)OC1=O. The lowest BCUT2D eigenvalue weighted by molar-refractivity contribution is -0.249. The molecule has 0 aromatic carbocycles. The van der Waals surface area contributed by atoms with Crippen LogP contribution < -0.4 is 0 Å². The van der Waals surface area contributed by atoms with Crippen LogP contribution in [0.15, 0.2) is 12.3 Å². The number of esters is 2. The largest absolute Gasteiger partial charge is 0.502 e. The van der Waals surface area contributed by atoms with Gasteiger partial charge in [0, 0.05) is 13.8 Å². The molecule has 1 saturated heterocycles. The van der Waals surface area contributed by atoms with Crippen LogP contribution >= 0.6 is 0 Å². The molecule has 0 saturated carbocycles. The van der Waals surface area contributed by atoms with Gasteiger partial charge in [-0.1, -0.05) is 0 Å². The van der Waals surface area contributed by atoms with Crippen LogP contribution in [-0.2, 0) is 23.8 Å². The van der Waals surface area contributed by atoms with Gasteiger partial charge in [0.2, 0.25) is 0 Å². The first kappa shape index (κ1) is 13.5. The molecule has 0 aromatic rings. The Morgan fingerprint density at radius 2 is 1.71 bits per heavy atom. The van der Waals surface area contributed by atoms with Crippen LogP contribution in [-0.4, -0.2) is 24.3 Å². The van der Waals surface area contributed by atoms with Crippen molar-refractivity contribution in [3.63, 3.8) is 0 Å². The highest BCUT2D eigenvalue weighted by atomic mass is 16.7. The van der Waals surface area contributed by atoms with Gasteiger partial charge in [-0.15, -0.1) is 0 Å². The van der Waals surface area contributed by atoms with Gasteiger partial charge < -0.3 is 14.2 Å². The van der Waals surface area contributed by atoms with Gasteiger partial charge in [0.15, 0.2) is 5.41 Å². The standard InChI is InChI=1S/C12H18O5/c1-5-15-8-6-7-12(4)9(13)16-11(2,3)17-10(12)14/h6,8H,5,7H2,1-4H3/b8-6-. The number of carbonyl (C=O) groups excluding carboxylic acids is 2. The van der Waals surface area contributed by atoms with E-state index in [1.54, 1.807) is 6.08 Å². The van der Waals surface area contributed by atoms with E-state index < -0.39 is 23.1 Å². The summed E-state index contributed by atoms with van der Waals surface area (Å²) in [5.74, 6) is -2.32. The Bertz CT molecular complexity index is 323. The van der Waals surface area contributed by atoms with Gasteiger partial charge >= 0.3 is 11.9 Å². The van der Waals surface area contributed by atoms with E-state index in [1.807, 2.05) is 6.92 Å². The number of allylic oxidation sites excluding steroid dienone is 1. The maximum atomic E-state index is 11.8. The van der Waals surface area contributed by atoms with Crippen LogP contribution in [0.3, 0.4) is 0 Å². The third-order valence-electron chi connectivity index (χ3n) is 2.46. The summed E-state index contributed by atoms with van der Waals surface area (Å²) in [4.78, 5) is 23.6.